The third kappa shape index (κ3) is 5.40. The summed E-state index contributed by atoms with van der Waals surface area (Å²) in [7, 11) is 0. The lowest BCUT2D eigenvalue weighted by Gasteiger charge is -2.36. The highest BCUT2D eigenvalue weighted by molar-refractivity contribution is 5.87. The normalized spacial score (nSPS) is 14.0. The Labute approximate surface area is 200 Å². The number of aliphatic hydroxyl groups excluding tert-OH is 1. The molecule has 2 aromatic carbocycles. The number of aliphatic hydroxyl groups is 1. The molecule has 0 radical (unpaired) electrons. The topological polar surface area (TPSA) is 107 Å². The number of halogens is 2. The van der Waals surface area contributed by atoms with Crippen molar-refractivity contribution >= 4 is 17.5 Å². The van der Waals surface area contributed by atoms with Crippen LogP contribution < -0.4 is 15.0 Å². The predicted octanol–water partition coefficient (Wildman–Crippen LogP) is 3.06. The SMILES string of the molecule is Cc1c(OC(=O)Nc2ccc(N3CCN(CCO)CC3)c(C#N)c2)cnn1-c1ccc(F)cc1F. The average molecular weight is 482 g/mol. The van der Waals surface area contributed by atoms with Gasteiger partial charge in [-0.3, -0.25) is 10.2 Å². The van der Waals surface area contributed by atoms with Gasteiger partial charge in [0.1, 0.15) is 17.6 Å². The molecule has 1 aromatic heterocycles. The molecule has 1 aliphatic heterocycles. The molecule has 0 unspecified atom stereocenters. The van der Waals surface area contributed by atoms with Crippen LogP contribution >= 0.6 is 0 Å². The standard InChI is InChI=1S/C24H24F2N6O3/c1-16-23(15-28-32(16)22-4-2-18(25)13-20(22)26)35-24(34)29-19-3-5-21(17(12-19)14-27)31-8-6-30(7-9-31)10-11-33/h2-5,12-13,15,33H,6-11H2,1H3,(H,29,34). The van der Waals surface area contributed by atoms with Crippen molar-refractivity contribution in [3.05, 3.63) is 65.5 Å². The molecule has 0 spiro atoms. The summed E-state index contributed by atoms with van der Waals surface area (Å²) in [6, 6.07) is 10.3. The van der Waals surface area contributed by atoms with Gasteiger partial charge in [0.05, 0.1) is 29.7 Å². The third-order valence-corrected chi connectivity index (χ3v) is 5.80. The lowest BCUT2D eigenvalue weighted by atomic mass is 10.1. The minimum atomic E-state index is -0.804. The summed E-state index contributed by atoms with van der Waals surface area (Å²) in [6.45, 7) is 5.34. The number of amides is 1. The van der Waals surface area contributed by atoms with Gasteiger partial charge in [0.15, 0.2) is 11.6 Å². The zero-order valence-corrected chi connectivity index (χ0v) is 19.0. The highest BCUT2D eigenvalue weighted by Gasteiger charge is 2.20. The second-order valence-corrected chi connectivity index (χ2v) is 8.01. The zero-order chi connectivity index (χ0) is 24.9. The molecular weight excluding hydrogens is 458 g/mol. The first-order valence-electron chi connectivity index (χ1n) is 11.0. The molecule has 1 saturated heterocycles. The summed E-state index contributed by atoms with van der Waals surface area (Å²) in [4.78, 5) is 16.7. The van der Waals surface area contributed by atoms with Crippen molar-refractivity contribution in [3.8, 4) is 17.5 Å². The number of carbonyl (C=O) groups excluding carboxylic acids is 1. The van der Waals surface area contributed by atoms with Crippen LogP contribution in [0, 0.1) is 29.9 Å². The van der Waals surface area contributed by atoms with Crippen molar-refractivity contribution in [3.63, 3.8) is 0 Å². The predicted molar refractivity (Wildman–Crippen MR) is 125 cm³/mol. The van der Waals surface area contributed by atoms with E-state index in [0.29, 0.717) is 23.5 Å². The molecule has 4 rings (SSSR count). The molecule has 35 heavy (non-hydrogen) atoms. The maximum Gasteiger partial charge on any atom is 0.417 e. The number of carbonyl (C=O) groups is 1. The summed E-state index contributed by atoms with van der Waals surface area (Å²) < 4.78 is 33.8. The van der Waals surface area contributed by atoms with Crippen LogP contribution in [0.15, 0.2) is 42.6 Å². The first-order valence-corrected chi connectivity index (χ1v) is 11.0. The second kappa shape index (κ2) is 10.5. The van der Waals surface area contributed by atoms with Gasteiger partial charge in [0, 0.05) is 44.5 Å². The molecule has 1 amide bonds. The van der Waals surface area contributed by atoms with E-state index >= 15 is 0 Å². The highest BCUT2D eigenvalue weighted by Crippen LogP contribution is 2.26. The van der Waals surface area contributed by atoms with Gasteiger partial charge >= 0.3 is 6.09 Å². The maximum absolute atomic E-state index is 14.1. The van der Waals surface area contributed by atoms with Crippen LogP contribution in [0.2, 0.25) is 0 Å². The molecular formula is C24H24F2N6O3. The zero-order valence-electron chi connectivity index (χ0n) is 19.0. The first kappa shape index (κ1) is 24.1. The number of nitrogens with one attached hydrogen (secondary N) is 1. The van der Waals surface area contributed by atoms with Crippen molar-refractivity contribution < 1.29 is 23.4 Å². The van der Waals surface area contributed by atoms with Crippen molar-refractivity contribution in [2.75, 3.05) is 49.5 Å². The van der Waals surface area contributed by atoms with Crippen molar-refractivity contribution in [1.29, 1.82) is 5.26 Å². The smallest absolute Gasteiger partial charge is 0.406 e. The number of nitriles is 1. The molecule has 1 aliphatic rings. The number of rotatable bonds is 6. The van der Waals surface area contributed by atoms with Gasteiger partial charge < -0.3 is 14.7 Å². The van der Waals surface area contributed by atoms with Crippen LogP contribution in [-0.4, -0.2) is 65.2 Å². The van der Waals surface area contributed by atoms with Crippen LogP contribution in [0.3, 0.4) is 0 Å². The van der Waals surface area contributed by atoms with Crippen molar-refractivity contribution in [1.82, 2.24) is 14.7 Å². The fraction of sp³-hybridized carbons (Fsp3) is 0.292. The van der Waals surface area contributed by atoms with Crippen LogP contribution in [0.25, 0.3) is 5.69 Å². The number of hydrogen-bond donors (Lipinski definition) is 2. The molecule has 0 saturated carbocycles. The molecule has 9 nitrogen and oxygen atoms in total. The number of ether oxygens (including phenoxy) is 1. The summed E-state index contributed by atoms with van der Waals surface area (Å²) in [5.41, 5.74) is 1.93. The Balaban J connectivity index is 1.43. The number of piperazine rings is 1. The van der Waals surface area contributed by atoms with E-state index in [1.54, 1.807) is 25.1 Å². The molecule has 2 heterocycles. The number of benzene rings is 2. The summed E-state index contributed by atoms with van der Waals surface area (Å²) in [6.07, 6.45) is 0.458. The lowest BCUT2D eigenvalue weighted by molar-refractivity contribution is 0.189. The fourth-order valence-electron chi connectivity index (χ4n) is 3.97. The average Bonchev–Trinajstić information content (AvgIpc) is 3.19. The van der Waals surface area contributed by atoms with E-state index in [2.05, 4.69) is 26.3 Å². The largest absolute Gasteiger partial charge is 0.417 e. The van der Waals surface area contributed by atoms with Gasteiger partial charge in [0.25, 0.3) is 0 Å². The van der Waals surface area contributed by atoms with E-state index in [-0.39, 0.29) is 18.0 Å². The van der Waals surface area contributed by atoms with Crippen molar-refractivity contribution in [2.45, 2.75) is 6.92 Å². The maximum atomic E-state index is 14.1. The minimum absolute atomic E-state index is 0.0191. The minimum Gasteiger partial charge on any atom is -0.406 e. The van der Waals surface area contributed by atoms with Gasteiger partial charge in [-0.1, -0.05) is 0 Å². The molecule has 2 N–H and O–H groups in total. The summed E-state index contributed by atoms with van der Waals surface area (Å²) in [5.74, 6) is -1.41. The van der Waals surface area contributed by atoms with E-state index in [0.717, 1.165) is 44.0 Å². The van der Waals surface area contributed by atoms with E-state index < -0.39 is 17.7 Å². The van der Waals surface area contributed by atoms with Gasteiger partial charge in [-0.2, -0.15) is 10.4 Å². The number of β-amino-alcohol motifs (C(OH)–C–C–N with tert-alkyl or cyclic N) is 1. The lowest BCUT2D eigenvalue weighted by Crippen LogP contribution is -2.47. The van der Waals surface area contributed by atoms with Crippen molar-refractivity contribution in [2.24, 2.45) is 0 Å². The number of nitrogens with zero attached hydrogens (tertiary/aromatic N) is 5. The van der Waals surface area contributed by atoms with Crippen LogP contribution in [0.1, 0.15) is 11.3 Å². The first-order chi connectivity index (χ1) is 16.9. The van der Waals surface area contributed by atoms with Gasteiger partial charge in [0.2, 0.25) is 0 Å². The summed E-state index contributed by atoms with van der Waals surface area (Å²) in [5, 5.41) is 25.3. The molecule has 1 fully saturated rings. The van der Waals surface area contributed by atoms with E-state index in [9.17, 15) is 18.8 Å². The molecule has 182 valence electrons. The third-order valence-electron chi connectivity index (χ3n) is 5.80. The van der Waals surface area contributed by atoms with Gasteiger partial charge in [-0.25, -0.2) is 18.3 Å². The number of anilines is 2. The monoisotopic (exact) mass is 482 g/mol. The quantitative estimate of drug-likeness (QED) is 0.556. The fourth-order valence-corrected chi connectivity index (χ4v) is 3.97. The number of hydrogen-bond acceptors (Lipinski definition) is 7. The Kier molecular flexibility index (Phi) is 7.24. The van der Waals surface area contributed by atoms with Crippen LogP contribution in [0.4, 0.5) is 25.0 Å². The van der Waals surface area contributed by atoms with E-state index in [4.69, 9.17) is 9.84 Å². The Morgan fingerprint density at radius 2 is 1.91 bits per heavy atom. The van der Waals surface area contributed by atoms with Gasteiger partial charge in [-0.15, -0.1) is 0 Å². The van der Waals surface area contributed by atoms with E-state index in [1.165, 1.54) is 16.9 Å². The van der Waals surface area contributed by atoms with E-state index in [1.807, 2.05) is 0 Å². The van der Waals surface area contributed by atoms with Crippen LogP contribution in [0.5, 0.6) is 5.75 Å². The molecule has 11 heteroatoms. The number of aromatic nitrogens is 2. The Morgan fingerprint density at radius 1 is 1.17 bits per heavy atom. The molecule has 0 atom stereocenters. The van der Waals surface area contributed by atoms with Crippen LogP contribution in [-0.2, 0) is 0 Å². The second-order valence-electron chi connectivity index (χ2n) is 8.01. The molecule has 0 bridgehead atoms. The Morgan fingerprint density at radius 3 is 2.60 bits per heavy atom. The molecule has 3 aromatic rings. The van der Waals surface area contributed by atoms with Gasteiger partial charge in [-0.05, 0) is 37.3 Å². The Hall–Kier alpha value is -4.01. The molecule has 0 aliphatic carbocycles. The highest BCUT2D eigenvalue weighted by atomic mass is 19.1. The Bertz CT molecular complexity index is 1260. The summed E-state index contributed by atoms with van der Waals surface area (Å²) >= 11 is 0.